The summed E-state index contributed by atoms with van der Waals surface area (Å²) in [4.78, 5) is 35.0. The lowest BCUT2D eigenvalue weighted by Gasteiger charge is -2.24. The van der Waals surface area contributed by atoms with Gasteiger partial charge >= 0.3 is 19.8 Å². The molecule has 0 aliphatic heterocycles. The first kappa shape index (κ1) is 44.5. The third-order valence-electron chi connectivity index (χ3n) is 7.45. The molecule has 2 unspecified atom stereocenters. The maximum absolute atomic E-state index is 12.6. The monoisotopic (exact) mass is 674 g/mol. The van der Waals surface area contributed by atoms with E-state index < -0.39 is 26.5 Å². The molecule has 0 aromatic rings. The van der Waals surface area contributed by atoms with E-state index >= 15 is 0 Å². The number of hydrogen-bond acceptors (Lipinski definition) is 7. The lowest BCUT2D eigenvalue weighted by atomic mass is 10.1. The van der Waals surface area contributed by atoms with E-state index in [9.17, 15) is 19.0 Å². The van der Waals surface area contributed by atoms with E-state index in [0.717, 1.165) is 83.5 Å². The number of quaternary nitrogens is 1. The Kier molecular flexibility index (Phi) is 28.6. The van der Waals surface area contributed by atoms with Crippen LogP contribution in [0, 0.1) is 0 Å². The molecular formula is C36H69NO8P+. The van der Waals surface area contributed by atoms with Gasteiger partial charge in [-0.15, -0.1) is 0 Å². The Morgan fingerprint density at radius 2 is 1.11 bits per heavy atom. The second-order valence-electron chi connectivity index (χ2n) is 13.2. The van der Waals surface area contributed by atoms with E-state index in [1.54, 1.807) is 0 Å². The molecule has 0 aromatic heterocycles. The van der Waals surface area contributed by atoms with Gasteiger partial charge in [-0.1, -0.05) is 102 Å². The van der Waals surface area contributed by atoms with Crippen LogP contribution >= 0.6 is 7.82 Å². The minimum atomic E-state index is -4.36. The van der Waals surface area contributed by atoms with Gasteiger partial charge in [-0.3, -0.25) is 18.6 Å². The van der Waals surface area contributed by atoms with Crippen molar-refractivity contribution in [2.75, 3.05) is 47.5 Å². The van der Waals surface area contributed by atoms with Crippen LogP contribution in [0.5, 0.6) is 0 Å². The summed E-state index contributed by atoms with van der Waals surface area (Å²) in [6, 6.07) is 0. The molecule has 0 spiro atoms. The number of unbranched alkanes of at least 4 members (excludes halogenated alkanes) is 14. The third-order valence-corrected chi connectivity index (χ3v) is 8.44. The molecule has 0 aromatic carbocycles. The highest BCUT2D eigenvalue weighted by Crippen LogP contribution is 2.43. The van der Waals surface area contributed by atoms with Gasteiger partial charge in [0.25, 0.3) is 0 Å². The SMILES string of the molecule is CCCCC=CCCCCCCCC(=O)OCC(COP(=O)(O)OCC[N+](C)(C)C)OC(=O)CCCCCCCC=CCCCC. The minimum Gasteiger partial charge on any atom is -0.462 e. The normalized spacial score (nSPS) is 14.1. The van der Waals surface area contributed by atoms with Crippen molar-refractivity contribution >= 4 is 19.8 Å². The van der Waals surface area contributed by atoms with Crippen molar-refractivity contribution < 1.29 is 42.1 Å². The molecule has 0 aliphatic rings. The molecule has 0 bridgehead atoms. The van der Waals surface area contributed by atoms with E-state index in [-0.39, 0.29) is 32.0 Å². The summed E-state index contributed by atoms with van der Waals surface area (Å²) in [5.41, 5.74) is 0. The van der Waals surface area contributed by atoms with Crippen molar-refractivity contribution in [1.82, 2.24) is 0 Å². The Morgan fingerprint density at radius 3 is 1.61 bits per heavy atom. The van der Waals surface area contributed by atoms with E-state index in [0.29, 0.717) is 17.4 Å². The molecule has 0 radical (unpaired) electrons. The summed E-state index contributed by atoms with van der Waals surface area (Å²) < 4.78 is 34.0. The predicted octanol–water partition coefficient (Wildman–Crippen LogP) is 9.24. The summed E-state index contributed by atoms with van der Waals surface area (Å²) in [7, 11) is 1.46. The zero-order chi connectivity index (χ0) is 34.4. The van der Waals surface area contributed by atoms with Crippen molar-refractivity contribution in [2.24, 2.45) is 0 Å². The van der Waals surface area contributed by atoms with Gasteiger partial charge in [-0.25, -0.2) is 4.57 Å². The van der Waals surface area contributed by atoms with E-state index in [2.05, 4.69) is 38.2 Å². The summed E-state index contributed by atoms with van der Waals surface area (Å²) in [6.07, 6.45) is 28.0. The van der Waals surface area contributed by atoms with Crippen LogP contribution in [0.4, 0.5) is 0 Å². The van der Waals surface area contributed by atoms with Crippen LogP contribution in [0.25, 0.3) is 0 Å². The zero-order valence-electron chi connectivity index (χ0n) is 30.1. The number of carbonyl (C=O) groups is 2. The molecule has 10 heteroatoms. The molecule has 0 saturated carbocycles. The first-order valence-electron chi connectivity index (χ1n) is 18.1. The zero-order valence-corrected chi connectivity index (χ0v) is 31.0. The number of phosphoric ester groups is 1. The molecular weight excluding hydrogens is 605 g/mol. The Balaban J connectivity index is 4.50. The minimum absolute atomic E-state index is 0.0293. The molecule has 0 amide bonds. The molecule has 0 saturated heterocycles. The number of hydrogen-bond donors (Lipinski definition) is 1. The average Bonchev–Trinajstić information content (AvgIpc) is 2.99. The Labute approximate surface area is 281 Å². The molecule has 1 N–H and O–H groups in total. The number of phosphoric acid groups is 1. The number of esters is 2. The maximum atomic E-state index is 12.6. The van der Waals surface area contributed by atoms with Crippen molar-refractivity contribution in [3.05, 3.63) is 24.3 Å². The molecule has 9 nitrogen and oxygen atoms in total. The fourth-order valence-corrected chi connectivity index (χ4v) is 5.24. The molecule has 0 heterocycles. The fraction of sp³-hybridized carbons (Fsp3) is 0.833. The van der Waals surface area contributed by atoms with Crippen LogP contribution in [0.2, 0.25) is 0 Å². The Hall–Kier alpha value is -1.51. The van der Waals surface area contributed by atoms with Crippen LogP contribution in [0.15, 0.2) is 24.3 Å². The number of carbonyl (C=O) groups excluding carboxylic acids is 2. The number of ether oxygens (including phenoxy) is 2. The number of likely N-dealkylation sites (N-methyl/N-ethyl adjacent to an activating group) is 1. The first-order chi connectivity index (χ1) is 22.0. The second kappa shape index (κ2) is 29.6. The van der Waals surface area contributed by atoms with Gasteiger partial charge in [0.05, 0.1) is 27.7 Å². The smallest absolute Gasteiger partial charge is 0.462 e. The van der Waals surface area contributed by atoms with Gasteiger partial charge in [-0.05, 0) is 51.4 Å². The summed E-state index contributed by atoms with van der Waals surface area (Å²) in [5.74, 6) is -0.825. The molecule has 0 aliphatic carbocycles. The number of allylic oxidation sites excluding steroid dienone is 4. The van der Waals surface area contributed by atoms with Gasteiger partial charge in [0, 0.05) is 12.8 Å². The van der Waals surface area contributed by atoms with Gasteiger partial charge in [0.15, 0.2) is 6.10 Å². The van der Waals surface area contributed by atoms with E-state index in [1.807, 2.05) is 21.1 Å². The predicted molar refractivity (Wildman–Crippen MR) is 187 cm³/mol. The summed E-state index contributed by atoms with van der Waals surface area (Å²) in [6.45, 7) is 4.29. The first-order valence-corrected chi connectivity index (χ1v) is 19.6. The quantitative estimate of drug-likeness (QED) is 0.0247. The van der Waals surface area contributed by atoms with Crippen molar-refractivity contribution in [2.45, 2.75) is 148 Å². The summed E-state index contributed by atoms with van der Waals surface area (Å²) in [5, 5.41) is 0. The van der Waals surface area contributed by atoms with Gasteiger partial charge < -0.3 is 18.9 Å². The number of nitrogens with zero attached hydrogens (tertiary/aromatic N) is 1. The number of rotatable bonds is 32. The fourth-order valence-electron chi connectivity index (χ4n) is 4.50. The van der Waals surface area contributed by atoms with E-state index in [1.165, 1.54) is 25.7 Å². The molecule has 0 rings (SSSR count). The molecule has 0 fully saturated rings. The topological polar surface area (TPSA) is 108 Å². The highest BCUT2D eigenvalue weighted by atomic mass is 31.2. The van der Waals surface area contributed by atoms with Crippen LogP contribution < -0.4 is 0 Å². The van der Waals surface area contributed by atoms with Gasteiger partial charge in [0.2, 0.25) is 0 Å². The van der Waals surface area contributed by atoms with Crippen molar-refractivity contribution in [1.29, 1.82) is 0 Å². The average molecular weight is 675 g/mol. The lowest BCUT2D eigenvalue weighted by Crippen LogP contribution is -2.37. The Morgan fingerprint density at radius 1 is 0.652 bits per heavy atom. The van der Waals surface area contributed by atoms with Crippen LogP contribution in [-0.4, -0.2) is 74.9 Å². The van der Waals surface area contributed by atoms with Crippen molar-refractivity contribution in [3.8, 4) is 0 Å². The third kappa shape index (κ3) is 32.4. The maximum Gasteiger partial charge on any atom is 0.472 e. The lowest BCUT2D eigenvalue weighted by molar-refractivity contribution is -0.870. The highest BCUT2D eigenvalue weighted by Gasteiger charge is 2.27. The van der Waals surface area contributed by atoms with Crippen LogP contribution in [-0.2, 0) is 32.7 Å². The molecule has 2 atom stereocenters. The molecule has 46 heavy (non-hydrogen) atoms. The standard InChI is InChI=1S/C36H68NO8P/c1-6-8-10-12-14-16-18-20-22-24-26-28-35(38)42-32-34(33-44-46(40,41)43-31-30-37(3,4)5)45-36(39)29-27-25-23-21-19-17-15-13-11-9-7-2/h12-15,34H,6-11,16-33H2,1-5H3/p+1. The molecule has 270 valence electrons. The van der Waals surface area contributed by atoms with Gasteiger partial charge in [-0.2, -0.15) is 0 Å². The van der Waals surface area contributed by atoms with Crippen LogP contribution in [0.1, 0.15) is 142 Å². The largest absolute Gasteiger partial charge is 0.472 e. The highest BCUT2D eigenvalue weighted by molar-refractivity contribution is 7.47. The second-order valence-corrected chi connectivity index (χ2v) is 14.7. The van der Waals surface area contributed by atoms with Crippen LogP contribution in [0.3, 0.4) is 0 Å². The Bertz CT molecular complexity index is 855. The van der Waals surface area contributed by atoms with Crippen molar-refractivity contribution in [3.63, 3.8) is 0 Å². The van der Waals surface area contributed by atoms with E-state index in [4.69, 9.17) is 18.5 Å². The summed E-state index contributed by atoms with van der Waals surface area (Å²) >= 11 is 0. The van der Waals surface area contributed by atoms with Gasteiger partial charge in [0.1, 0.15) is 19.8 Å².